The second-order valence-electron chi connectivity index (χ2n) is 4.33. The molecule has 2 nitrogen and oxygen atoms in total. The van der Waals surface area contributed by atoms with Gasteiger partial charge >= 0.3 is 0 Å². The summed E-state index contributed by atoms with van der Waals surface area (Å²) < 4.78 is 14.5. The number of hydrogen-bond donors (Lipinski definition) is 2. The minimum atomic E-state index is -0.197. The third-order valence-corrected chi connectivity index (χ3v) is 3.98. The van der Waals surface area contributed by atoms with Crippen molar-refractivity contribution < 1.29 is 4.39 Å². The quantitative estimate of drug-likeness (QED) is 0.661. The van der Waals surface area contributed by atoms with Gasteiger partial charge in [-0.05, 0) is 40.8 Å². The Hall–Kier alpha value is -0.450. The summed E-state index contributed by atoms with van der Waals surface area (Å²) in [7, 11) is 0. The van der Waals surface area contributed by atoms with Gasteiger partial charge in [0.05, 0.1) is 10.5 Å². The molecule has 16 heavy (non-hydrogen) atoms. The molecule has 0 saturated heterocycles. The fourth-order valence-electron chi connectivity index (χ4n) is 2.53. The van der Waals surface area contributed by atoms with Crippen molar-refractivity contribution >= 4 is 15.9 Å². The molecule has 1 aromatic rings. The molecular formula is C12H16BrFN2. The summed E-state index contributed by atoms with van der Waals surface area (Å²) in [6.07, 6.45) is 4.69. The first-order chi connectivity index (χ1) is 7.74. The lowest BCUT2D eigenvalue weighted by molar-refractivity contribution is 0.362. The molecule has 0 radical (unpaired) electrons. The molecule has 1 aliphatic rings. The summed E-state index contributed by atoms with van der Waals surface area (Å²) in [6.45, 7) is 0. The summed E-state index contributed by atoms with van der Waals surface area (Å²) in [5, 5.41) is 0. The van der Waals surface area contributed by atoms with Crippen LogP contribution >= 0.6 is 15.9 Å². The largest absolute Gasteiger partial charge is 0.271 e. The summed E-state index contributed by atoms with van der Waals surface area (Å²) in [5.41, 5.74) is 3.44. The first-order valence-corrected chi connectivity index (χ1v) is 6.43. The van der Waals surface area contributed by atoms with Gasteiger partial charge in [0.15, 0.2) is 0 Å². The minimum absolute atomic E-state index is 0.0694. The Morgan fingerprint density at radius 3 is 2.69 bits per heavy atom. The Labute approximate surface area is 104 Å². The molecule has 1 atom stereocenters. The lowest BCUT2D eigenvalue weighted by atomic mass is 9.92. The molecule has 1 saturated carbocycles. The van der Waals surface area contributed by atoms with E-state index in [0.29, 0.717) is 16.0 Å². The maximum atomic E-state index is 13.9. The zero-order chi connectivity index (χ0) is 11.5. The van der Waals surface area contributed by atoms with Crippen LogP contribution in [0.2, 0.25) is 0 Å². The second-order valence-corrected chi connectivity index (χ2v) is 5.19. The monoisotopic (exact) mass is 286 g/mol. The Kier molecular flexibility index (Phi) is 3.95. The molecule has 4 heteroatoms. The number of rotatable bonds is 3. The van der Waals surface area contributed by atoms with Crippen molar-refractivity contribution in [3.63, 3.8) is 0 Å². The van der Waals surface area contributed by atoms with Gasteiger partial charge in [-0.2, -0.15) is 0 Å². The van der Waals surface area contributed by atoms with Gasteiger partial charge in [0.25, 0.3) is 0 Å². The van der Waals surface area contributed by atoms with Crippen molar-refractivity contribution in [3.8, 4) is 0 Å². The molecule has 1 aromatic carbocycles. The van der Waals surface area contributed by atoms with Crippen LogP contribution < -0.4 is 11.3 Å². The van der Waals surface area contributed by atoms with E-state index in [1.54, 1.807) is 6.07 Å². The molecular weight excluding hydrogens is 271 g/mol. The first kappa shape index (κ1) is 12.0. The van der Waals surface area contributed by atoms with Crippen LogP contribution in [-0.4, -0.2) is 0 Å². The van der Waals surface area contributed by atoms with E-state index in [9.17, 15) is 4.39 Å². The van der Waals surface area contributed by atoms with Crippen molar-refractivity contribution in [2.75, 3.05) is 0 Å². The molecule has 0 bridgehead atoms. The van der Waals surface area contributed by atoms with E-state index >= 15 is 0 Å². The van der Waals surface area contributed by atoms with Crippen molar-refractivity contribution in [1.29, 1.82) is 0 Å². The second kappa shape index (κ2) is 5.25. The summed E-state index contributed by atoms with van der Waals surface area (Å²) >= 11 is 3.21. The molecule has 1 unspecified atom stereocenters. The van der Waals surface area contributed by atoms with Crippen LogP contribution in [0.1, 0.15) is 37.3 Å². The number of benzene rings is 1. The predicted molar refractivity (Wildman–Crippen MR) is 66.1 cm³/mol. The van der Waals surface area contributed by atoms with Gasteiger partial charge in [-0.1, -0.05) is 25.0 Å². The Bertz CT molecular complexity index is 364. The Morgan fingerprint density at radius 2 is 2.06 bits per heavy atom. The predicted octanol–water partition coefficient (Wildman–Crippen LogP) is 3.28. The molecule has 3 N–H and O–H groups in total. The maximum Gasteiger partial charge on any atom is 0.142 e. The number of nitrogens with two attached hydrogens (primary N) is 1. The average molecular weight is 287 g/mol. The van der Waals surface area contributed by atoms with Gasteiger partial charge < -0.3 is 0 Å². The fraction of sp³-hybridized carbons (Fsp3) is 0.500. The van der Waals surface area contributed by atoms with E-state index in [-0.39, 0.29) is 11.9 Å². The first-order valence-electron chi connectivity index (χ1n) is 5.64. The molecule has 1 fully saturated rings. The van der Waals surface area contributed by atoms with Crippen LogP contribution in [0, 0.1) is 11.7 Å². The van der Waals surface area contributed by atoms with E-state index < -0.39 is 0 Å². The maximum absolute atomic E-state index is 13.9. The highest BCUT2D eigenvalue weighted by atomic mass is 79.9. The molecule has 0 heterocycles. The van der Waals surface area contributed by atoms with E-state index in [4.69, 9.17) is 5.84 Å². The Morgan fingerprint density at radius 1 is 1.38 bits per heavy atom. The third kappa shape index (κ3) is 2.29. The van der Waals surface area contributed by atoms with Crippen molar-refractivity contribution in [1.82, 2.24) is 5.43 Å². The summed E-state index contributed by atoms with van der Waals surface area (Å²) in [4.78, 5) is 0. The van der Waals surface area contributed by atoms with Crippen molar-refractivity contribution in [2.45, 2.75) is 31.7 Å². The van der Waals surface area contributed by atoms with Gasteiger partial charge in [-0.15, -0.1) is 0 Å². The van der Waals surface area contributed by atoms with Crippen molar-refractivity contribution in [2.24, 2.45) is 11.8 Å². The number of hydrazine groups is 1. The third-order valence-electron chi connectivity index (χ3n) is 3.37. The number of nitrogens with one attached hydrogen (secondary N) is 1. The zero-order valence-electron chi connectivity index (χ0n) is 9.05. The van der Waals surface area contributed by atoms with E-state index in [1.165, 1.54) is 12.8 Å². The average Bonchev–Trinajstić information content (AvgIpc) is 2.79. The number of halogens is 2. The highest BCUT2D eigenvalue weighted by Crippen LogP contribution is 2.37. The molecule has 2 rings (SSSR count). The molecule has 0 amide bonds. The standard InChI is InChI=1S/C12H16BrFN2/c13-10-7-3-6-9(11(10)14)12(16-15)8-4-1-2-5-8/h3,6-8,12,16H,1-2,4-5,15H2. The lowest BCUT2D eigenvalue weighted by Crippen LogP contribution is -2.33. The van der Waals surface area contributed by atoms with Gasteiger partial charge in [-0.3, -0.25) is 11.3 Å². The SMILES string of the molecule is NNC(c1cccc(Br)c1F)C1CCCC1. The lowest BCUT2D eigenvalue weighted by Gasteiger charge is -2.23. The highest BCUT2D eigenvalue weighted by molar-refractivity contribution is 9.10. The zero-order valence-corrected chi connectivity index (χ0v) is 10.6. The van der Waals surface area contributed by atoms with Crippen LogP contribution in [-0.2, 0) is 0 Å². The van der Waals surface area contributed by atoms with Gasteiger partial charge in [0.2, 0.25) is 0 Å². The van der Waals surface area contributed by atoms with Crippen LogP contribution in [0.4, 0.5) is 4.39 Å². The normalized spacial score (nSPS) is 18.9. The highest BCUT2D eigenvalue weighted by Gasteiger charge is 2.27. The molecule has 0 aliphatic heterocycles. The van der Waals surface area contributed by atoms with Gasteiger partial charge in [0.1, 0.15) is 5.82 Å². The van der Waals surface area contributed by atoms with Gasteiger partial charge in [0, 0.05) is 5.56 Å². The van der Waals surface area contributed by atoms with E-state index in [0.717, 1.165) is 12.8 Å². The van der Waals surface area contributed by atoms with Crippen LogP contribution in [0.5, 0.6) is 0 Å². The molecule has 1 aliphatic carbocycles. The minimum Gasteiger partial charge on any atom is -0.271 e. The topological polar surface area (TPSA) is 38.0 Å². The van der Waals surface area contributed by atoms with E-state index in [1.807, 2.05) is 12.1 Å². The fourth-order valence-corrected chi connectivity index (χ4v) is 2.91. The van der Waals surface area contributed by atoms with Crippen LogP contribution in [0.3, 0.4) is 0 Å². The number of hydrogen-bond acceptors (Lipinski definition) is 2. The molecule has 0 aromatic heterocycles. The van der Waals surface area contributed by atoms with Crippen LogP contribution in [0.25, 0.3) is 0 Å². The summed E-state index contributed by atoms with van der Waals surface area (Å²) in [5.74, 6) is 5.83. The van der Waals surface area contributed by atoms with E-state index in [2.05, 4.69) is 21.4 Å². The van der Waals surface area contributed by atoms with Gasteiger partial charge in [-0.25, -0.2) is 4.39 Å². The van der Waals surface area contributed by atoms with Crippen LogP contribution in [0.15, 0.2) is 22.7 Å². The Balaban J connectivity index is 2.28. The summed E-state index contributed by atoms with van der Waals surface area (Å²) in [6, 6.07) is 5.30. The smallest absolute Gasteiger partial charge is 0.142 e. The van der Waals surface area contributed by atoms with Crippen molar-refractivity contribution in [3.05, 3.63) is 34.1 Å². The molecule has 88 valence electrons. The molecule has 0 spiro atoms.